The Morgan fingerprint density at radius 1 is 1.28 bits per heavy atom. The zero-order valence-electron chi connectivity index (χ0n) is 10.9. The fraction of sp³-hybridized carbons (Fsp3) is 0.500. The van der Waals surface area contributed by atoms with Crippen LogP contribution in [0.15, 0.2) is 12.1 Å². The molecular weight excluding hydrogens is 230 g/mol. The van der Waals surface area contributed by atoms with Gasteiger partial charge in [-0.25, -0.2) is 0 Å². The Balaban J connectivity index is 2.47. The molecule has 0 aromatic heterocycles. The lowest BCUT2D eigenvalue weighted by Crippen LogP contribution is -2.46. The lowest BCUT2D eigenvalue weighted by Gasteiger charge is -2.41. The van der Waals surface area contributed by atoms with Crippen molar-refractivity contribution in [2.75, 3.05) is 27.4 Å². The van der Waals surface area contributed by atoms with Crippen molar-refractivity contribution in [1.29, 1.82) is 5.26 Å². The van der Waals surface area contributed by atoms with Crippen LogP contribution in [0.5, 0.6) is 11.5 Å². The molecular formula is C14H17NO3. The predicted molar refractivity (Wildman–Crippen MR) is 67.0 cm³/mol. The normalized spacial score (nSPS) is 16.6. The Morgan fingerprint density at radius 3 is 2.33 bits per heavy atom. The first kappa shape index (κ1) is 12.7. The van der Waals surface area contributed by atoms with Gasteiger partial charge < -0.3 is 14.2 Å². The van der Waals surface area contributed by atoms with Crippen LogP contribution in [0.2, 0.25) is 0 Å². The summed E-state index contributed by atoms with van der Waals surface area (Å²) in [5.74, 6) is 1.41. The molecule has 18 heavy (non-hydrogen) atoms. The lowest BCUT2D eigenvalue weighted by molar-refractivity contribution is -0.0580. The number of hydrogen-bond donors (Lipinski definition) is 0. The third-order valence-electron chi connectivity index (χ3n) is 3.48. The van der Waals surface area contributed by atoms with Gasteiger partial charge in [-0.05, 0) is 30.2 Å². The molecule has 1 aromatic carbocycles. The van der Waals surface area contributed by atoms with Crippen molar-refractivity contribution in [2.45, 2.75) is 18.8 Å². The third kappa shape index (κ3) is 1.91. The summed E-state index contributed by atoms with van der Waals surface area (Å²) in [6, 6.07) is 6.17. The largest absolute Gasteiger partial charge is 0.493 e. The van der Waals surface area contributed by atoms with E-state index in [4.69, 9.17) is 19.5 Å². The van der Waals surface area contributed by atoms with Gasteiger partial charge in [0.25, 0.3) is 0 Å². The molecule has 0 atom stereocenters. The minimum Gasteiger partial charge on any atom is -0.493 e. The van der Waals surface area contributed by atoms with Gasteiger partial charge in [0.2, 0.25) is 0 Å². The van der Waals surface area contributed by atoms with E-state index in [-0.39, 0.29) is 5.41 Å². The van der Waals surface area contributed by atoms with E-state index < -0.39 is 0 Å². The number of rotatable bonds is 4. The molecule has 0 bridgehead atoms. The maximum Gasteiger partial charge on any atom is 0.161 e. The number of hydrogen-bond acceptors (Lipinski definition) is 4. The number of nitrogens with zero attached hydrogens (tertiary/aromatic N) is 1. The minimum atomic E-state index is -0.182. The highest BCUT2D eigenvalue weighted by atomic mass is 16.5. The molecule has 1 saturated heterocycles. The highest BCUT2D eigenvalue weighted by Gasteiger charge is 2.41. The van der Waals surface area contributed by atoms with E-state index in [1.54, 1.807) is 14.2 Å². The van der Waals surface area contributed by atoms with E-state index >= 15 is 0 Å². The van der Waals surface area contributed by atoms with Gasteiger partial charge in [0.1, 0.15) is 0 Å². The maximum absolute atomic E-state index is 8.98. The van der Waals surface area contributed by atoms with Crippen LogP contribution in [0.3, 0.4) is 0 Å². The quantitative estimate of drug-likeness (QED) is 0.818. The second-order valence-corrected chi connectivity index (χ2v) is 4.63. The number of aryl methyl sites for hydroxylation is 1. The van der Waals surface area contributed by atoms with Crippen molar-refractivity contribution in [1.82, 2.24) is 0 Å². The molecule has 1 fully saturated rings. The molecule has 0 amide bonds. The molecule has 96 valence electrons. The summed E-state index contributed by atoms with van der Waals surface area (Å²) < 4.78 is 15.9. The predicted octanol–water partition coefficient (Wildman–Crippen LogP) is 2.19. The first-order valence-corrected chi connectivity index (χ1v) is 5.84. The van der Waals surface area contributed by atoms with Crippen molar-refractivity contribution < 1.29 is 14.2 Å². The Morgan fingerprint density at radius 2 is 1.89 bits per heavy atom. The Labute approximate surface area is 107 Å². The van der Waals surface area contributed by atoms with Crippen molar-refractivity contribution in [2.24, 2.45) is 0 Å². The van der Waals surface area contributed by atoms with Crippen LogP contribution >= 0.6 is 0 Å². The van der Waals surface area contributed by atoms with Crippen LogP contribution in [-0.4, -0.2) is 27.4 Å². The van der Waals surface area contributed by atoms with Gasteiger partial charge in [-0.1, -0.05) is 0 Å². The fourth-order valence-electron chi connectivity index (χ4n) is 2.40. The van der Waals surface area contributed by atoms with Crippen molar-refractivity contribution >= 4 is 0 Å². The first-order valence-electron chi connectivity index (χ1n) is 5.84. The molecule has 1 aromatic rings. The van der Waals surface area contributed by atoms with Gasteiger partial charge in [-0.15, -0.1) is 0 Å². The van der Waals surface area contributed by atoms with E-state index in [0.717, 1.165) is 11.1 Å². The van der Waals surface area contributed by atoms with Gasteiger partial charge in [0, 0.05) is 6.42 Å². The number of nitriles is 1. The molecule has 0 radical (unpaired) electrons. The van der Waals surface area contributed by atoms with Crippen molar-refractivity contribution in [3.63, 3.8) is 0 Å². The standard InChI is InChI=1S/C14H17NO3/c1-10-6-12(16-2)13(17-3)7-11(10)14(4-5-15)8-18-9-14/h6-7H,4,8-9H2,1-3H3. The monoisotopic (exact) mass is 247 g/mol. The van der Waals surface area contributed by atoms with E-state index in [9.17, 15) is 0 Å². The summed E-state index contributed by atoms with van der Waals surface area (Å²) in [5, 5.41) is 8.98. The summed E-state index contributed by atoms with van der Waals surface area (Å²) in [4.78, 5) is 0. The van der Waals surface area contributed by atoms with Crippen LogP contribution < -0.4 is 9.47 Å². The molecule has 0 unspecified atom stereocenters. The highest BCUT2D eigenvalue weighted by Crippen LogP contribution is 2.41. The second-order valence-electron chi connectivity index (χ2n) is 4.63. The lowest BCUT2D eigenvalue weighted by atomic mass is 9.74. The molecule has 2 rings (SSSR count). The summed E-state index contributed by atoms with van der Waals surface area (Å²) in [7, 11) is 3.24. The van der Waals surface area contributed by atoms with E-state index in [1.165, 1.54) is 0 Å². The first-order chi connectivity index (χ1) is 8.66. The molecule has 0 aliphatic carbocycles. The van der Waals surface area contributed by atoms with Crippen LogP contribution in [0.4, 0.5) is 0 Å². The van der Waals surface area contributed by atoms with E-state index in [1.807, 2.05) is 19.1 Å². The molecule has 0 spiro atoms. The smallest absolute Gasteiger partial charge is 0.161 e. The third-order valence-corrected chi connectivity index (χ3v) is 3.48. The SMILES string of the molecule is COc1cc(C)c(C2(CC#N)COC2)cc1OC. The summed E-state index contributed by atoms with van der Waals surface area (Å²) in [6.45, 7) is 3.21. The Bertz CT molecular complexity index is 487. The van der Waals surface area contributed by atoms with Crippen LogP contribution in [0, 0.1) is 18.3 Å². The molecule has 1 aliphatic rings. The molecule has 0 saturated carbocycles. The molecule has 0 N–H and O–H groups in total. The molecule has 4 nitrogen and oxygen atoms in total. The van der Waals surface area contributed by atoms with E-state index in [2.05, 4.69) is 6.07 Å². The summed E-state index contributed by atoms with van der Waals surface area (Å²) >= 11 is 0. The summed E-state index contributed by atoms with van der Waals surface area (Å²) in [5.41, 5.74) is 2.04. The second kappa shape index (κ2) is 4.87. The van der Waals surface area contributed by atoms with Gasteiger partial charge >= 0.3 is 0 Å². The minimum absolute atomic E-state index is 0.182. The molecule has 1 heterocycles. The van der Waals surface area contributed by atoms with Crippen molar-refractivity contribution in [3.8, 4) is 17.6 Å². The fourth-order valence-corrected chi connectivity index (χ4v) is 2.40. The zero-order chi connectivity index (χ0) is 13.2. The van der Waals surface area contributed by atoms with Gasteiger partial charge in [-0.3, -0.25) is 0 Å². The number of ether oxygens (including phenoxy) is 3. The Kier molecular flexibility index (Phi) is 3.44. The highest BCUT2D eigenvalue weighted by molar-refractivity contribution is 5.50. The van der Waals surface area contributed by atoms with E-state index in [0.29, 0.717) is 31.1 Å². The zero-order valence-corrected chi connectivity index (χ0v) is 10.9. The topological polar surface area (TPSA) is 51.5 Å². The number of methoxy groups -OCH3 is 2. The van der Waals surface area contributed by atoms with Crippen LogP contribution in [0.1, 0.15) is 17.5 Å². The van der Waals surface area contributed by atoms with Gasteiger partial charge in [-0.2, -0.15) is 5.26 Å². The summed E-state index contributed by atoms with van der Waals surface area (Å²) in [6.07, 6.45) is 0.462. The van der Waals surface area contributed by atoms with Gasteiger partial charge in [0.05, 0.1) is 38.9 Å². The maximum atomic E-state index is 8.98. The van der Waals surface area contributed by atoms with Crippen LogP contribution in [0.25, 0.3) is 0 Å². The number of benzene rings is 1. The molecule has 1 aliphatic heterocycles. The van der Waals surface area contributed by atoms with Crippen molar-refractivity contribution in [3.05, 3.63) is 23.3 Å². The molecule has 4 heteroatoms. The average Bonchev–Trinajstić information content (AvgIpc) is 2.34. The average molecular weight is 247 g/mol. The van der Waals surface area contributed by atoms with Crippen LogP contribution in [-0.2, 0) is 10.2 Å². The van der Waals surface area contributed by atoms with Gasteiger partial charge in [0.15, 0.2) is 11.5 Å². The Hall–Kier alpha value is -1.73.